The average molecular weight is 122 g/mol. The van der Waals surface area contributed by atoms with Crippen LogP contribution in [-0.2, 0) is 0 Å². The van der Waals surface area contributed by atoms with Gasteiger partial charge in [0.2, 0.25) is 0 Å². The Hall–Kier alpha value is -0.480. The molecule has 0 aromatic heterocycles. The highest BCUT2D eigenvalue weighted by atomic mass is 14.2. The van der Waals surface area contributed by atoms with Crippen molar-refractivity contribution >= 4 is 0 Å². The van der Waals surface area contributed by atoms with E-state index in [1.807, 2.05) is 0 Å². The van der Waals surface area contributed by atoms with Gasteiger partial charge in [-0.25, -0.2) is 0 Å². The van der Waals surface area contributed by atoms with Crippen LogP contribution in [0, 0.1) is 11.8 Å². The number of hydrogen-bond acceptors (Lipinski definition) is 0. The molecule has 0 heteroatoms. The topological polar surface area (TPSA) is 0 Å². The van der Waals surface area contributed by atoms with Crippen LogP contribution in [0.1, 0.15) is 27.2 Å². The van der Waals surface area contributed by atoms with Crippen molar-refractivity contribution in [1.82, 2.24) is 0 Å². The highest BCUT2D eigenvalue weighted by molar-refractivity contribution is 5.13. The summed E-state index contributed by atoms with van der Waals surface area (Å²) in [5.41, 5.74) is 4.68. The molecule has 0 radical (unpaired) electrons. The second-order valence-electron chi connectivity index (χ2n) is 2.85. The standard InChI is InChI=1S/C9H14/c1-4-9-6-5-7(2)8(9)3/h6,8-9H,4H2,1-3H3. The summed E-state index contributed by atoms with van der Waals surface area (Å²) in [6.45, 7) is 6.68. The second-order valence-corrected chi connectivity index (χ2v) is 2.85. The molecule has 2 unspecified atom stereocenters. The molecule has 0 heterocycles. The zero-order valence-electron chi connectivity index (χ0n) is 6.44. The number of rotatable bonds is 1. The van der Waals surface area contributed by atoms with Gasteiger partial charge < -0.3 is 0 Å². The minimum atomic E-state index is 0.745. The first kappa shape index (κ1) is 6.64. The molecule has 0 saturated carbocycles. The molecular weight excluding hydrogens is 108 g/mol. The van der Waals surface area contributed by atoms with Crippen LogP contribution in [-0.4, -0.2) is 0 Å². The van der Waals surface area contributed by atoms with Gasteiger partial charge in [-0.3, -0.25) is 0 Å². The highest BCUT2D eigenvalue weighted by Gasteiger charge is 2.17. The predicted octanol–water partition coefficient (Wildman–Crippen LogP) is 2.76. The van der Waals surface area contributed by atoms with Crippen LogP contribution in [0.4, 0.5) is 0 Å². The van der Waals surface area contributed by atoms with E-state index >= 15 is 0 Å². The third kappa shape index (κ3) is 1.09. The lowest BCUT2D eigenvalue weighted by Gasteiger charge is -2.12. The van der Waals surface area contributed by atoms with E-state index in [-0.39, 0.29) is 0 Å². The highest BCUT2D eigenvalue weighted by Crippen LogP contribution is 2.27. The average Bonchev–Trinajstić information content (AvgIpc) is 2.15. The Balaban J connectivity index is 2.63. The van der Waals surface area contributed by atoms with Gasteiger partial charge in [-0.15, -0.1) is 5.73 Å². The number of allylic oxidation sites excluding steroid dienone is 1. The minimum absolute atomic E-state index is 0.745. The van der Waals surface area contributed by atoms with Crippen molar-refractivity contribution < 1.29 is 0 Å². The van der Waals surface area contributed by atoms with Gasteiger partial charge in [0.1, 0.15) is 0 Å². The molecule has 0 aliphatic heterocycles. The van der Waals surface area contributed by atoms with Crippen molar-refractivity contribution in [3.63, 3.8) is 0 Å². The molecule has 0 bridgehead atoms. The Morgan fingerprint density at radius 3 is 2.56 bits per heavy atom. The van der Waals surface area contributed by atoms with Crippen molar-refractivity contribution in [2.75, 3.05) is 0 Å². The largest absolute Gasteiger partial charge is 0.126 e. The zero-order chi connectivity index (χ0) is 6.85. The molecule has 2 atom stereocenters. The SMILES string of the molecule is CCC1C=C=C(C)C1C. The fraction of sp³-hybridized carbons (Fsp3) is 0.667. The summed E-state index contributed by atoms with van der Waals surface area (Å²) < 4.78 is 0. The van der Waals surface area contributed by atoms with Gasteiger partial charge >= 0.3 is 0 Å². The maximum absolute atomic E-state index is 3.26. The Kier molecular flexibility index (Phi) is 1.78. The second kappa shape index (κ2) is 2.41. The smallest absolute Gasteiger partial charge is 0.00895 e. The normalized spacial score (nSPS) is 33.0. The molecule has 0 aromatic rings. The fourth-order valence-electron chi connectivity index (χ4n) is 1.31. The van der Waals surface area contributed by atoms with Crippen LogP contribution in [0.25, 0.3) is 0 Å². The third-order valence-electron chi connectivity index (χ3n) is 2.32. The van der Waals surface area contributed by atoms with Gasteiger partial charge in [-0.05, 0) is 36.8 Å². The van der Waals surface area contributed by atoms with Crippen LogP contribution >= 0.6 is 0 Å². The minimum Gasteiger partial charge on any atom is -0.126 e. The Morgan fingerprint density at radius 1 is 1.67 bits per heavy atom. The molecule has 9 heavy (non-hydrogen) atoms. The molecule has 0 fully saturated rings. The van der Waals surface area contributed by atoms with E-state index in [1.54, 1.807) is 0 Å². The molecule has 0 aromatic carbocycles. The van der Waals surface area contributed by atoms with E-state index in [4.69, 9.17) is 0 Å². The monoisotopic (exact) mass is 122 g/mol. The van der Waals surface area contributed by atoms with Gasteiger partial charge in [0.15, 0.2) is 0 Å². The summed E-state index contributed by atoms with van der Waals surface area (Å²) in [4.78, 5) is 0. The molecule has 0 spiro atoms. The number of hydrogen-bond donors (Lipinski definition) is 0. The Labute approximate surface area is 57.3 Å². The molecule has 1 aliphatic rings. The van der Waals surface area contributed by atoms with Gasteiger partial charge in [0.05, 0.1) is 0 Å². The van der Waals surface area contributed by atoms with E-state index in [9.17, 15) is 0 Å². The molecule has 0 N–H and O–H groups in total. The van der Waals surface area contributed by atoms with Crippen molar-refractivity contribution in [2.45, 2.75) is 27.2 Å². The molecule has 1 rings (SSSR count). The first-order chi connectivity index (χ1) is 4.25. The van der Waals surface area contributed by atoms with Crippen LogP contribution in [0.15, 0.2) is 17.4 Å². The fourth-order valence-corrected chi connectivity index (χ4v) is 1.31. The zero-order valence-corrected chi connectivity index (χ0v) is 6.44. The Bertz CT molecular complexity index is 159. The van der Waals surface area contributed by atoms with Gasteiger partial charge in [0.25, 0.3) is 0 Å². The van der Waals surface area contributed by atoms with Crippen LogP contribution in [0.3, 0.4) is 0 Å². The van der Waals surface area contributed by atoms with Gasteiger partial charge in [-0.2, -0.15) is 0 Å². The van der Waals surface area contributed by atoms with Crippen LogP contribution in [0.5, 0.6) is 0 Å². The van der Waals surface area contributed by atoms with Gasteiger partial charge in [0, 0.05) is 0 Å². The van der Waals surface area contributed by atoms with Crippen molar-refractivity contribution in [2.24, 2.45) is 11.8 Å². The van der Waals surface area contributed by atoms with E-state index in [0.717, 1.165) is 11.8 Å². The quantitative estimate of drug-likeness (QED) is 0.469. The van der Waals surface area contributed by atoms with Gasteiger partial charge in [-0.1, -0.05) is 13.8 Å². The third-order valence-corrected chi connectivity index (χ3v) is 2.32. The lowest BCUT2D eigenvalue weighted by Crippen LogP contribution is -2.04. The Morgan fingerprint density at radius 2 is 2.33 bits per heavy atom. The summed E-state index contributed by atoms with van der Waals surface area (Å²) in [6.07, 6.45) is 3.46. The van der Waals surface area contributed by atoms with Crippen LogP contribution in [0.2, 0.25) is 0 Å². The summed E-state index contributed by atoms with van der Waals surface area (Å²) >= 11 is 0. The van der Waals surface area contributed by atoms with Crippen molar-refractivity contribution in [3.8, 4) is 0 Å². The first-order valence-electron chi connectivity index (χ1n) is 3.69. The molecule has 0 saturated heterocycles. The van der Waals surface area contributed by atoms with Crippen molar-refractivity contribution in [3.05, 3.63) is 17.4 Å². The summed E-state index contributed by atoms with van der Waals surface area (Å²) in [5, 5.41) is 0. The summed E-state index contributed by atoms with van der Waals surface area (Å²) in [6, 6.07) is 0. The van der Waals surface area contributed by atoms with E-state index in [1.165, 1.54) is 12.0 Å². The van der Waals surface area contributed by atoms with Crippen molar-refractivity contribution in [1.29, 1.82) is 0 Å². The molecule has 0 amide bonds. The molecule has 1 aliphatic carbocycles. The molecule has 0 nitrogen and oxygen atoms in total. The molecule has 50 valence electrons. The molecular formula is C9H14. The maximum Gasteiger partial charge on any atom is -0.00895 e. The predicted molar refractivity (Wildman–Crippen MR) is 40.2 cm³/mol. The summed E-state index contributed by atoms with van der Waals surface area (Å²) in [7, 11) is 0. The van der Waals surface area contributed by atoms with E-state index in [0.29, 0.717) is 0 Å². The summed E-state index contributed by atoms with van der Waals surface area (Å²) in [5.74, 6) is 1.51. The van der Waals surface area contributed by atoms with Crippen LogP contribution < -0.4 is 0 Å². The maximum atomic E-state index is 3.26. The van der Waals surface area contributed by atoms with E-state index < -0.39 is 0 Å². The van der Waals surface area contributed by atoms with E-state index in [2.05, 4.69) is 32.6 Å². The lowest BCUT2D eigenvalue weighted by atomic mass is 9.91. The first-order valence-corrected chi connectivity index (χ1v) is 3.69. The lowest BCUT2D eigenvalue weighted by molar-refractivity contribution is 0.491.